The Morgan fingerprint density at radius 2 is 1.81 bits per heavy atom. The normalized spacial score (nSPS) is 13.0. The van der Waals surface area contributed by atoms with Gasteiger partial charge in [0.2, 0.25) is 10.0 Å². The number of hydrogen-bond donors (Lipinski definition) is 1. The van der Waals surface area contributed by atoms with Crippen molar-refractivity contribution in [1.29, 1.82) is 0 Å². The molecule has 0 saturated carbocycles. The van der Waals surface area contributed by atoms with Crippen molar-refractivity contribution in [2.24, 2.45) is 0 Å². The minimum atomic E-state index is -3.47. The largest absolute Gasteiger partial charge is 0.240 e. The van der Waals surface area contributed by atoms with Crippen LogP contribution in [0.1, 0.15) is 18.9 Å². The van der Waals surface area contributed by atoms with Gasteiger partial charge in [-0.2, -0.15) is 0 Å². The summed E-state index contributed by atoms with van der Waals surface area (Å²) in [6, 6.07) is 16.7. The predicted octanol–water partition coefficient (Wildman–Crippen LogP) is 3.75. The summed E-state index contributed by atoms with van der Waals surface area (Å²) in [5.41, 5.74) is 1.21. The number of benzene rings is 2. The molecule has 2 aromatic rings. The van der Waals surface area contributed by atoms with Gasteiger partial charge in [0.05, 0.1) is 4.90 Å². The summed E-state index contributed by atoms with van der Waals surface area (Å²) in [4.78, 5) is 0.281. The molecule has 0 heterocycles. The summed E-state index contributed by atoms with van der Waals surface area (Å²) in [6.45, 7) is 1.89. The van der Waals surface area contributed by atoms with Crippen LogP contribution in [0.15, 0.2) is 64.0 Å². The third kappa shape index (κ3) is 4.95. The van der Waals surface area contributed by atoms with Gasteiger partial charge in [0, 0.05) is 10.5 Å². The third-order valence-electron chi connectivity index (χ3n) is 3.17. The molecule has 0 fully saturated rings. The Labute approximate surface area is 134 Å². The van der Waals surface area contributed by atoms with Crippen molar-refractivity contribution in [3.63, 3.8) is 0 Å². The van der Waals surface area contributed by atoms with Gasteiger partial charge < -0.3 is 0 Å². The average Bonchev–Trinajstić information content (AvgIpc) is 2.46. The number of aryl methyl sites for hydroxylation is 1. The minimum absolute atomic E-state index is 0.116. The fourth-order valence-corrected chi connectivity index (χ4v) is 3.93. The van der Waals surface area contributed by atoms with Gasteiger partial charge in [0.25, 0.3) is 0 Å². The topological polar surface area (TPSA) is 46.2 Å². The highest BCUT2D eigenvalue weighted by atomic mass is 79.9. The monoisotopic (exact) mass is 367 g/mol. The van der Waals surface area contributed by atoms with Crippen molar-refractivity contribution in [2.75, 3.05) is 0 Å². The smallest absolute Gasteiger partial charge is 0.208 e. The first-order valence-electron chi connectivity index (χ1n) is 6.79. The van der Waals surface area contributed by atoms with E-state index in [2.05, 4.69) is 32.8 Å². The molecule has 21 heavy (non-hydrogen) atoms. The Hall–Kier alpha value is -1.17. The number of halogens is 1. The highest BCUT2D eigenvalue weighted by Crippen LogP contribution is 2.16. The standard InChI is InChI=1S/C16H18BrNO2S/c1-13(10-11-14-6-3-2-4-7-14)18-21(19,20)16-9-5-8-15(17)12-16/h2-9,12-13,18H,10-11H2,1H3. The van der Waals surface area contributed by atoms with Crippen molar-refractivity contribution in [3.05, 3.63) is 64.6 Å². The first-order valence-corrected chi connectivity index (χ1v) is 9.07. The van der Waals surface area contributed by atoms with Gasteiger partial charge in [0.15, 0.2) is 0 Å². The molecule has 0 aliphatic heterocycles. The van der Waals surface area contributed by atoms with E-state index in [0.29, 0.717) is 0 Å². The Morgan fingerprint density at radius 1 is 1.10 bits per heavy atom. The second-order valence-electron chi connectivity index (χ2n) is 5.00. The number of rotatable bonds is 6. The lowest BCUT2D eigenvalue weighted by Gasteiger charge is -2.14. The molecule has 0 bridgehead atoms. The predicted molar refractivity (Wildman–Crippen MR) is 88.7 cm³/mol. The molecule has 2 aromatic carbocycles. The maximum atomic E-state index is 12.3. The SMILES string of the molecule is CC(CCc1ccccc1)NS(=O)(=O)c1cccc(Br)c1. The van der Waals surface area contributed by atoms with Gasteiger partial charge in [-0.15, -0.1) is 0 Å². The average molecular weight is 368 g/mol. The Balaban J connectivity index is 1.97. The molecule has 1 atom stereocenters. The molecule has 0 saturated heterocycles. The number of hydrogen-bond acceptors (Lipinski definition) is 2. The van der Waals surface area contributed by atoms with Crippen LogP contribution in [0.2, 0.25) is 0 Å². The molecule has 1 unspecified atom stereocenters. The molecule has 0 amide bonds. The van der Waals surface area contributed by atoms with Gasteiger partial charge >= 0.3 is 0 Å². The molecule has 112 valence electrons. The van der Waals surface area contributed by atoms with E-state index >= 15 is 0 Å². The molecule has 1 N–H and O–H groups in total. The van der Waals surface area contributed by atoms with Crippen molar-refractivity contribution >= 4 is 26.0 Å². The number of sulfonamides is 1. The highest BCUT2D eigenvalue weighted by molar-refractivity contribution is 9.10. The molecule has 0 aliphatic carbocycles. The summed E-state index contributed by atoms with van der Waals surface area (Å²) in [5, 5.41) is 0. The lowest BCUT2D eigenvalue weighted by atomic mass is 10.1. The second-order valence-corrected chi connectivity index (χ2v) is 7.63. The lowest BCUT2D eigenvalue weighted by molar-refractivity contribution is 0.547. The molecule has 0 spiro atoms. The fraction of sp³-hybridized carbons (Fsp3) is 0.250. The van der Waals surface area contributed by atoms with Crippen molar-refractivity contribution in [2.45, 2.75) is 30.7 Å². The summed E-state index contributed by atoms with van der Waals surface area (Å²) in [5.74, 6) is 0. The van der Waals surface area contributed by atoms with E-state index < -0.39 is 10.0 Å². The zero-order valence-corrected chi connectivity index (χ0v) is 14.2. The van der Waals surface area contributed by atoms with Crippen LogP contribution in [0.4, 0.5) is 0 Å². The second kappa shape index (κ2) is 7.20. The molecule has 3 nitrogen and oxygen atoms in total. The maximum Gasteiger partial charge on any atom is 0.240 e. The van der Waals surface area contributed by atoms with Crippen LogP contribution in [-0.2, 0) is 16.4 Å². The van der Waals surface area contributed by atoms with Crippen molar-refractivity contribution in [3.8, 4) is 0 Å². The Kier molecular flexibility index (Phi) is 5.56. The van der Waals surface area contributed by atoms with E-state index in [9.17, 15) is 8.42 Å². The molecule has 0 radical (unpaired) electrons. The molecular formula is C16H18BrNO2S. The fourth-order valence-electron chi connectivity index (χ4n) is 2.05. The van der Waals surface area contributed by atoms with Crippen LogP contribution in [-0.4, -0.2) is 14.5 Å². The zero-order valence-electron chi connectivity index (χ0n) is 11.8. The molecular weight excluding hydrogens is 350 g/mol. The van der Waals surface area contributed by atoms with E-state index in [1.54, 1.807) is 24.3 Å². The summed E-state index contributed by atoms with van der Waals surface area (Å²) >= 11 is 3.29. The van der Waals surface area contributed by atoms with E-state index in [1.807, 2.05) is 25.1 Å². The lowest BCUT2D eigenvalue weighted by Crippen LogP contribution is -2.32. The van der Waals surface area contributed by atoms with E-state index in [-0.39, 0.29) is 10.9 Å². The summed E-state index contributed by atoms with van der Waals surface area (Å²) in [6.07, 6.45) is 1.61. The van der Waals surface area contributed by atoms with Crippen LogP contribution >= 0.6 is 15.9 Å². The van der Waals surface area contributed by atoms with Gasteiger partial charge in [-0.3, -0.25) is 0 Å². The number of nitrogens with one attached hydrogen (secondary N) is 1. The Morgan fingerprint density at radius 3 is 2.48 bits per heavy atom. The molecule has 0 aromatic heterocycles. The van der Waals surface area contributed by atoms with E-state index in [0.717, 1.165) is 17.3 Å². The molecule has 0 aliphatic rings. The minimum Gasteiger partial charge on any atom is -0.208 e. The van der Waals surface area contributed by atoms with Crippen molar-refractivity contribution < 1.29 is 8.42 Å². The van der Waals surface area contributed by atoms with Crippen LogP contribution in [0, 0.1) is 0 Å². The third-order valence-corrected chi connectivity index (χ3v) is 5.25. The molecule has 2 rings (SSSR count). The van der Waals surface area contributed by atoms with Crippen LogP contribution < -0.4 is 4.72 Å². The first-order chi connectivity index (χ1) is 9.97. The summed E-state index contributed by atoms with van der Waals surface area (Å²) in [7, 11) is -3.47. The van der Waals surface area contributed by atoms with Crippen LogP contribution in [0.3, 0.4) is 0 Å². The van der Waals surface area contributed by atoms with Gasteiger partial charge in [-0.1, -0.05) is 52.3 Å². The van der Waals surface area contributed by atoms with E-state index in [4.69, 9.17) is 0 Å². The van der Waals surface area contributed by atoms with Gasteiger partial charge in [-0.05, 0) is 43.5 Å². The van der Waals surface area contributed by atoms with Crippen LogP contribution in [0.5, 0.6) is 0 Å². The van der Waals surface area contributed by atoms with Gasteiger partial charge in [-0.25, -0.2) is 13.1 Å². The maximum absolute atomic E-state index is 12.3. The summed E-state index contributed by atoms with van der Waals surface area (Å²) < 4.78 is 28.0. The van der Waals surface area contributed by atoms with Crippen LogP contribution in [0.25, 0.3) is 0 Å². The first kappa shape index (κ1) is 16.2. The molecule has 5 heteroatoms. The quantitative estimate of drug-likeness (QED) is 0.844. The van der Waals surface area contributed by atoms with Gasteiger partial charge in [0.1, 0.15) is 0 Å². The van der Waals surface area contributed by atoms with Crippen molar-refractivity contribution in [1.82, 2.24) is 4.72 Å². The highest BCUT2D eigenvalue weighted by Gasteiger charge is 2.17. The van der Waals surface area contributed by atoms with E-state index in [1.165, 1.54) is 5.56 Å². The Bertz CT molecular complexity index is 686. The zero-order chi connectivity index (χ0) is 15.3.